The van der Waals surface area contributed by atoms with E-state index in [2.05, 4.69) is 15.5 Å². The summed E-state index contributed by atoms with van der Waals surface area (Å²) in [6.07, 6.45) is 1.80. The summed E-state index contributed by atoms with van der Waals surface area (Å²) in [6.45, 7) is 0.752. The fourth-order valence-corrected chi connectivity index (χ4v) is 3.75. The van der Waals surface area contributed by atoms with Gasteiger partial charge in [0, 0.05) is 18.1 Å². The van der Waals surface area contributed by atoms with Crippen LogP contribution in [-0.4, -0.2) is 37.0 Å². The molecule has 0 aromatic heterocycles. The van der Waals surface area contributed by atoms with E-state index in [1.54, 1.807) is 36.4 Å². The molecule has 2 heterocycles. The van der Waals surface area contributed by atoms with Gasteiger partial charge in [-0.3, -0.25) is 9.59 Å². The fraction of sp³-hybridized carbons (Fsp3) is 0.286. The van der Waals surface area contributed by atoms with Crippen molar-refractivity contribution < 1.29 is 19.1 Å². The number of ether oxygens (including phenoxy) is 1. The lowest BCUT2D eigenvalue weighted by molar-refractivity contribution is -0.124. The summed E-state index contributed by atoms with van der Waals surface area (Å²) >= 11 is 5.83. The predicted octanol–water partition coefficient (Wildman–Crippen LogP) is 2.73. The predicted molar refractivity (Wildman–Crippen MR) is 109 cm³/mol. The molecule has 1 fully saturated rings. The molecule has 0 aliphatic carbocycles. The minimum Gasteiger partial charge on any atom is -0.452 e. The lowest BCUT2D eigenvalue weighted by Crippen LogP contribution is -2.43. The molecule has 2 aliphatic rings. The number of fused-ring (bicyclic) bond motifs is 3. The van der Waals surface area contributed by atoms with Crippen LogP contribution in [-0.2, 0) is 20.9 Å². The molecular weight excluding hydrogens is 394 g/mol. The molecule has 150 valence electrons. The van der Waals surface area contributed by atoms with Crippen molar-refractivity contribution in [3.8, 4) is 0 Å². The van der Waals surface area contributed by atoms with Crippen LogP contribution in [0.3, 0.4) is 0 Å². The molecule has 29 heavy (non-hydrogen) atoms. The zero-order chi connectivity index (χ0) is 20.4. The average Bonchev–Trinajstić information content (AvgIpc) is 3.22. The zero-order valence-electron chi connectivity index (χ0n) is 15.6. The molecule has 8 heteroatoms. The second kappa shape index (κ2) is 8.13. The van der Waals surface area contributed by atoms with Crippen molar-refractivity contribution >= 4 is 40.8 Å². The second-order valence-corrected chi connectivity index (χ2v) is 7.49. The molecule has 0 saturated carbocycles. The summed E-state index contributed by atoms with van der Waals surface area (Å²) in [7, 11) is 0. The van der Waals surface area contributed by atoms with E-state index in [1.807, 2.05) is 6.07 Å². The van der Waals surface area contributed by atoms with E-state index >= 15 is 0 Å². The van der Waals surface area contributed by atoms with Gasteiger partial charge in [0.15, 0.2) is 6.61 Å². The van der Waals surface area contributed by atoms with Gasteiger partial charge in [-0.2, -0.15) is 0 Å². The van der Waals surface area contributed by atoms with Crippen molar-refractivity contribution in [1.29, 1.82) is 0 Å². The van der Waals surface area contributed by atoms with Gasteiger partial charge in [-0.1, -0.05) is 23.7 Å². The number of amides is 2. The lowest BCUT2D eigenvalue weighted by Gasteiger charge is -2.33. The molecule has 4 rings (SSSR count). The van der Waals surface area contributed by atoms with Crippen LogP contribution in [0.2, 0.25) is 5.02 Å². The number of rotatable bonds is 5. The first-order valence-corrected chi connectivity index (χ1v) is 9.79. The summed E-state index contributed by atoms with van der Waals surface area (Å²) in [5, 5.41) is 6.16. The van der Waals surface area contributed by atoms with Gasteiger partial charge in [-0.15, -0.1) is 0 Å². The third-order valence-corrected chi connectivity index (χ3v) is 5.34. The van der Waals surface area contributed by atoms with Crippen LogP contribution in [0.4, 0.5) is 11.4 Å². The standard InChI is InChI=1S/C21H20ClN3O4/c22-15-6-3-13(4-7-15)11-23-19(26)12-29-21(28)14-5-8-17-16(10-14)24-20(27)18-2-1-9-25(17)18/h3-8,10,18H,1-2,9,11-12H2,(H,23,26)(H,24,27)/t18-/m0/s1. The van der Waals surface area contributed by atoms with Crippen LogP contribution in [0.1, 0.15) is 28.8 Å². The monoisotopic (exact) mass is 413 g/mol. The van der Waals surface area contributed by atoms with E-state index in [0.717, 1.165) is 30.6 Å². The smallest absolute Gasteiger partial charge is 0.338 e. The molecular formula is C21H20ClN3O4. The van der Waals surface area contributed by atoms with E-state index in [4.69, 9.17) is 16.3 Å². The van der Waals surface area contributed by atoms with E-state index < -0.39 is 11.9 Å². The first kappa shape index (κ1) is 19.3. The fourth-order valence-electron chi connectivity index (χ4n) is 3.63. The minimum atomic E-state index is -0.618. The first-order chi connectivity index (χ1) is 14.0. The topological polar surface area (TPSA) is 87.7 Å². The summed E-state index contributed by atoms with van der Waals surface area (Å²) in [4.78, 5) is 38.5. The number of carbonyl (C=O) groups is 3. The van der Waals surface area contributed by atoms with Gasteiger partial charge in [-0.25, -0.2) is 4.79 Å². The SMILES string of the molecule is O=C(COC(=O)c1ccc2c(c1)NC(=O)[C@@H]1CCCN21)NCc1ccc(Cl)cc1. The summed E-state index contributed by atoms with van der Waals surface area (Å²) in [5.74, 6) is -1.08. The van der Waals surface area contributed by atoms with Gasteiger partial charge in [0.1, 0.15) is 6.04 Å². The van der Waals surface area contributed by atoms with Gasteiger partial charge in [-0.05, 0) is 48.7 Å². The Morgan fingerprint density at radius 3 is 2.79 bits per heavy atom. The van der Waals surface area contributed by atoms with Crippen LogP contribution in [0.25, 0.3) is 0 Å². The second-order valence-electron chi connectivity index (χ2n) is 7.05. The highest BCUT2D eigenvalue weighted by molar-refractivity contribution is 6.30. The molecule has 2 amide bonds. The van der Waals surface area contributed by atoms with Gasteiger partial charge in [0.2, 0.25) is 5.91 Å². The third-order valence-electron chi connectivity index (χ3n) is 5.09. The number of nitrogens with zero attached hydrogens (tertiary/aromatic N) is 1. The van der Waals surface area contributed by atoms with E-state index in [-0.39, 0.29) is 24.1 Å². The molecule has 2 aliphatic heterocycles. The van der Waals surface area contributed by atoms with Crippen LogP contribution in [0.5, 0.6) is 0 Å². The summed E-state index contributed by atoms with van der Waals surface area (Å²) in [5.41, 5.74) is 2.67. The third kappa shape index (κ3) is 4.19. The minimum absolute atomic E-state index is 0.0536. The number of halogens is 1. The highest BCUT2D eigenvalue weighted by atomic mass is 35.5. The van der Waals surface area contributed by atoms with Gasteiger partial charge in [0.25, 0.3) is 5.91 Å². The normalized spacial score (nSPS) is 17.2. The molecule has 0 radical (unpaired) electrons. The number of benzene rings is 2. The van der Waals surface area contributed by atoms with Crippen molar-refractivity contribution in [3.05, 3.63) is 58.6 Å². The van der Waals surface area contributed by atoms with Gasteiger partial charge >= 0.3 is 5.97 Å². The first-order valence-electron chi connectivity index (χ1n) is 9.41. The molecule has 0 spiro atoms. The zero-order valence-corrected chi connectivity index (χ0v) is 16.4. The van der Waals surface area contributed by atoms with E-state index in [1.165, 1.54) is 0 Å². The van der Waals surface area contributed by atoms with Crippen molar-refractivity contribution in [2.45, 2.75) is 25.4 Å². The van der Waals surface area contributed by atoms with Crippen molar-refractivity contribution in [2.75, 3.05) is 23.4 Å². The maximum Gasteiger partial charge on any atom is 0.338 e. The van der Waals surface area contributed by atoms with Crippen molar-refractivity contribution in [2.24, 2.45) is 0 Å². The summed E-state index contributed by atoms with van der Waals surface area (Å²) in [6, 6.07) is 12.0. The average molecular weight is 414 g/mol. The van der Waals surface area contributed by atoms with E-state index in [9.17, 15) is 14.4 Å². The Morgan fingerprint density at radius 1 is 1.21 bits per heavy atom. The Hall–Kier alpha value is -3.06. The molecule has 2 aromatic carbocycles. The maximum atomic E-state index is 12.3. The highest BCUT2D eigenvalue weighted by Gasteiger charge is 2.36. The van der Waals surface area contributed by atoms with Crippen LogP contribution < -0.4 is 15.5 Å². The van der Waals surface area contributed by atoms with Crippen molar-refractivity contribution in [3.63, 3.8) is 0 Å². The quantitative estimate of drug-likeness (QED) is 0.736. The Balaban J connectivity index is 1.33. The van der Waals surface area contributed by atoms with E-state index in [0.29, 0.717) is 17.3 Å². The molecule has 1 saturated heterocycles. The molecule has 2 aromatic rings. The van der Waals surface area contributed by atoms with Crippen LogP contribution in [0.15, 0.2) is 42.5 Å². The van der Waals surface area contributed by atoms with Crippen molar-refractivity contribution in [1.82, 2.24) is 5.32 Å². The Morgan fingerprint density at radius 2 is 2.00 bits per heavy atom. The molecule has 7 nitrogen and oxygen atoms in total. The Labute approximate surface area is 173 Å². The molecule has 2 N–H and O–H groups in total. The summed E-state index contributed by atoms with van der Waals surface area (Å²) < 4.78 is 5.10. The largest absolute Gasteiger partial charge is 0.452 e. The Kier molecular flexibility index (Phi) is 5.40. The highest BCUT2D eigenvalue weighted by Crippen LogP contribution is 2.37. The lowest BCUT2D eigenvalue weighted by atomic mass is 10.1. The number of nitrogens with one attached hydrogen (secondary N) is 2. The number of hydrogen-bond donors (Lipinski definition) is 2. The molecule has 1 atom stereocenters. The van der Waals surface area contributed by atoms with Gasteiger partial charge < -0.3 is 20.3 Å². The Bertz CT molecular complexity index is 961. The maximum absolute atomic E-state index is 12.3. The molecule has 0 unspecified atom stereocenters. The number of esters is 1. The molecule has 0 bridgehead atoms. The number of carbonyl (C=O) groups excluding carboxylic acids is 3. The van der Waals surface area contributed by atoms with Crippen LogP contribution in [0, 0.1) is 0 Å². The number of anilines is 2. The van der Waals surface area contributed by atoms with Crippen LogP contribution >= 0.6 is 11.6 Å². The number of hydrogen-bond acceptors (Lipinski definition) is 5. The van der Waals surface area contributed by atoms with Gasteiger partial charge in [0.05, 0.1) is 16.9 Å².